The molecule has 0 fully saturated rings. The minimum absolute atomic E-state index is 0. The lowest BCUT2D eigenvalue weighted by Gasteiger charge is -2.13. The van der Waals surface area contributed by atoms with Crippen LogP contribution in [-0.4, -0.2) is 60.1 Å². The van der Waals surface area contributed by atoms with Gasteiger partial charge in [0.1, 0.15) is 11.5 Å². The van der Waals surface area contributed by atoms with Crippen LogP contribution < -0.4 is 9.47 Å². The van der Waals surface area contributed by atoms with Crippen LogP contribution >= 0.6 is 34.0 Å². The van der Waals surface area contributed by atoms with Gasteiger partial charge in [-0.05, 0) is 49.9 Å². The zero-order chi connectivity index (χ0) is 32.0. The Balaban J connectivity index is 0.00000384. The molecule has 0 saturated heterocycles. The molecule has 2 aromatic carbocycles. The second-order valence-electron chi connectivity index (χ2n) is 12.1. The predicted octanol–water partition coefficient (Wildman–Crippen LogP) is 10.1. The second-order valence-corrected chi connectivity index (χ2v) is 12.1. The molecule has 2 aromatic heterocycles. The van der Waals surface area contributed by atoms with Gasteiger partial charge in [0.05, 0.1) is 0 Å². The first kappa shape index (κ1) is 39.9. The summed E-state index contributed by atoms with van der Waals surface area (Å²) in [6.07, 6.45) is 18.3. The molecule has 0 atom stereocenters. The second kappa shape index (κ2) is 20.9. The first-order chi connectivity index (χ1) is 21.8. The third-order valence-electron chi connectivity index (χ3n) is 8.15. The molecule has 0 saturated carbocycles. The number of pyridine rings is 2. The smallest absolute Gasteiger partial charge is 0.410 e. The first-order valence-corrected chi connectivity index (χ1v) is 16.4. The molecule has 47 heavy (non-hydrogen) atoms. The summed E-state index contributed by atoms with van der Waals surface area (Å²) in [6, 6.07) is 15.5. The number of aryl methyl sites for hydroxylation is 2. The van der Waals surface area contributed by atoms with Crippen molar-refractivity contribution < 1.29 is 19.1 Å². The molecule has 8 nitrogen and oxygen atoms in total. The maximum Gasteiger partial charge on any atom is 0.414 e. The van der Waals surface area contributed by atoms with E-state index >= 15 is 0 Å². The normalized spacial score (nSPS) is 10.6. The Labute approximate surface area is 300 Å². The molecule has 256 valence electrons. The quantitative estimate of drug-likeness (QED) is 0.105. The maximum absolute atomic E-state index is 12.0. The molecular weight excluding hydrogens is 724 g/mol. The fraction of sp³-hybridized carbons (Fsp3) is 0.459. The van der Waals surface area contributed by atoms with Gasteiger partial charge in [0.15, 0.2) is 0 Å². The molecule has 0 bridgehead atoms. The van der Waals surface area contributed by atoms with Crippen molar-refractivity contribution in [2.75, 3.05) is 28.2 Å². The monoisotopic (exact) mass is 772 g/mol. The van der Waals surface area contributed by atoms with E-state index < -0.39 is 0 Å². The Morgan fingerprint density at radius 1 is 0.511 bits per heavy atom. The molecule has 0 spiro atoms. The number of halogens is 2. The van der Waals surface area contributed by atoms with Gasteiger partial charge in [-0.15, -0.1) is 34.0 Å². The number of ether oxygens (including phenoxy) is 2. The highest BCUT2D eigenvalue weighted by atomic mass is 79.9. The molecular formula is C37H50Br2N4O4. The Morgan fingerprint density at radius 2 is 0.851 bits per heavy atom. The number of hydrogen-bond donors (Lipinski definition) is 0. The summed E-state index contributed by atoms with van der Waals surface area (Å²) < 4.78 is 11.1. The molecule has 4 rings (SSSR count). The highest BCUT2D eigenvalue weighted by molar-refractivity contribution is 8.93. The summed E-state index contributed by atoms with van der Waals surface area (Å²) in [5.74, 6) is 1.16. The van der Waals surface area contributed by atoms with E-state index in [1.165, 1.54) is 67.6 Å². The number of hydrogen-bond acceptors (Lipinski definition) is 6. The number of unbranched alkanes of at least 4 members (excludes halogenated alkanes) is 10. The van der Waals surface area contributed by atoms with Crippen molar-refractivity contribution in [1.82, 2.24) is 19.8 Å². The number of aromatic nitrogens is 2. The van der Waals surface area contributed by atoms with Gasteiger partial charge in [0.25, 0.3) is 0 Å². The fourth-order valence-corrected chi connectivity index (χ4v) is 5.60. The number of benzene rings is 2. The Morgan fingerprint density at radius 3 is 1.19 bits per heavy atom. The van der Waals surface area contributed by atoms with Crippen molar-refractivity contribution in [3.05, 3.63) is 72.3 Å². The van der Waals surface area contributed by atoms with Crippen LogP contribution in [0.4, 0.5) is 9.59 Å². The van der Waals surface area contributed by atoms with Gasteiger partial charge < -0.3 is 19.3 Å². The molecule has 0 N–H and O–H groups in total. The molecule has 0 unspecified atom stereocenters. The van der Waals surface area contributed by atoms with Crippen molar-refractivity contribution in [2.24, 2.45) is 0 Å². The molecule has 2 heterocycles. The number of amides is 2. The van der Waals surface area contributed by atoms with Gasteiger partial charge in [-0.25, -0.2) is 9.59 Å². The van der Waals surface area contributed by atoms with Crippen LogP contribution in [0.3, 0.4) is 0 Å². The largest absolute Gasteiger partial charge is 0.414 e. The molecule has 0 radical (unpaired) electrons. The number of fused-ring (bicyclic) bond motifs is 2. The predicted molar refractivity (Wildman–Crippen MR) is 202 cm³/mol. The third-order valence-corrected chi connectivity index (χ3v) is 8.15. The first-order valence-electron chi connectivity index (χ1n) is 16.4. The van der Waals surface area contributed by atoms with Crippen LogP contribution in [0.15, 0.2) is 60.9 Å². The van der Waals surface area contributed by atoms with Gasteiger partial charge in [-0.3, -0.25) is 9.97 Å². The van der Waals surface area contributed by atoms with Gasteiger partial charge >= 0.3 is 12.2 Å². The number of carbonyl (C=O) groups excluding carboxylic acids is 2. The average Bonchev–Trinajstić information content (AvgIpc) is 3.03. The number of rotatable bonds is 16. The van der Waals surface area contributed by atoms with Gasteiger partial charge in [0.2, 0.25) is 0 Å². The summed E-state index contributed by atoms with van der Waals surface area (Å²) in [6.45, 7) is 0. The van der Waals surface area contributed by atoms with E-state index in [0.29, 0.717) is 11.5 Å². The van der Waals surface area contributed by atoms with Crippen molar-refractivity contribution in [2.45, 2.75) is 83.5 Å². The van der Waals surface area contributed by atoms with Crippen LogP contribution in [0, 0.1) is 0 Å². The van der Waals surface area contributed by atoms with Gasteiger partial charge in [0, 0.05) is 73.5 Å². The maximum atomic E-state index is 12.0. The Hall–Kier alpha value is -3.24. The highest BCUT2D eigenvalue weighted by Gasteiger charge is 2.13. The number of nitrogens with zero attached hydrogens (tertiary/aromatic N) is 4. The molecule has 0 aliphatic rings. The van der Waals surface area contributed by atoms with Crippen LogP contribution in [0.2, 0.25) is 0 Å². The van der Waals surface area contributed by atoms with Crippen molar-refractivity contribution in [1.29, 1.82) is 0 Å². The average molecular weight is 775 g/mol. The van der Waals surface area contributed by atoms with Crippen LogP contribution in [0.5, 0.6) is 11.5 Å². The topological polar surface area (TPSA) is 84.9 Å². The minimum atomic E-state index is -0.377. The molecule has 2 amide bonds. The lowest BCUT2D eigenvalue weighted by molar-refractivity contribution is 0.171. The van der Waals surface area contributed by atoms with Crippen LogP contribution in [0.25, 0.3) is 21.5 Å². The van der Waals surface area contributed by atoms with Gasteiger partial charge in [-0.2, -0.15) is 0 Å². The molecule has 10 heteroatoms. The van der Waals surface area contributed by atoms with Crippen LogP contribution in [0.1, 0.15) is 82.0 Å². The van der Waals surface area contributed by atoms with E-state index in [1.54, 1.807) is 28.2 Å². The summed E-state index contributed by atoms with van der Waals surface area (Å²) >= 11 is 0. The SMILES string of the molecule is Br.Br.CN(C)C(=O)Oc1cccc2c(CCCCCCCCCCCCCc3nccc4c(OC(=O)N(C)C)cccc34)nccc12. The standard InChI is InChI=1S/C37H48N4O4.2BrH/c1-40(2)36(42)44-34-22-16-18-28-30(34)24-26-38-32(28)20-14-12-10-8-6-5-7-9-11-13-15-21-33-29-19-17-23-35(31(29)25-27-39-33)45-37(43)41(3)4;;/h16-19,22-27H,5-15,20-21H2,1-4H3;2*1H. The Bertz CT molecular complexity index is 1450. The molecule has 0 aliphatic heterocycles. The summed E-state index contributed by atoms with van der Waals surface area (Å²) in [5.41, 5.74) is 2.14. The van der Waals surface area contributed by atoms with E-state index in [1.807, 2.05) is 48.8 Å². The number of carbonyl (C=O) groups is 2. The highest BCUT2D eigenvalue weighted by Crippen LogP contribution is 2.29. The van der Waals surface area contributed by atoms with Crippen molar-refractivity contribution in [3.8, 4) is 11.5 Å². The Kier molecular flexibility index (Phi) is 17.7. The van der Waals surface area contributed by atoms with Gasteiger partial charge in [-0.1, -0.05) is 82.1 Å². The fourth-order valence-electron chi connectivity index (χ4n) is 5.60. The summed E-state index contributed by atoms with van der Waals surface area (Å²) in [5, 5.41) is 3.99. The summed E-state index contributed by atoms with van der Waals surface area (Å²) in [4.78, 5) is 36.2. The molecule has 4 aromatic rings. The van der Waals surface area contributed by atoms with Crippen LogP contribution in [-0.2, 0) is 12.8 Å². The van der Waals surface area contributed by atoms with E-state index in [9.17, 15) is 9.59 Å². The van der Waals surface area contributed by atoms with Crippen molar-refractivity contribution >= 4 is 67.7 Å². The van der Waals surface area contributed by atoms with E-state index in [4.69, 9.17) is 9.47 Å². The third kappa shape index (κ3) is 12.1. The molecule has 0 aliphatic carbocycles. The lowest BCUT2D eigenvalue weighted by atomic mass is 10.0. The minimum Gasteiger partial charge on any atom is -0.410 e. The van der Waals surface area contributed by atoms with E-state index in [0.717, 1.165) is 58.6 Å². The zero-order valence-electron chi connectivity index (χ0n) is 28.2. The van der Waals surface area contributed by atoms with E-state index in [-0.39, 0.29) is 46.1 Å². The van der Waals surface area contributed by atoms with Crippen molar-refractivity contribution in [3.63, 3.8) is 0 Å². The lowest BCUT2D eigenvalue weighted by Crippen LogP contribution is -2.25. The zero-order valence-corrected chi connectivity index (χ0v) is 31.6. The van der Waals surface area contributed by atoms with E-state index in [2.05, 4.69) is 22.1 Å². The summed E-state index contributed by atoms with van der Waals surface area (Å²) in [7, 11) is 6.72.